The number of thiophene rings is 1. The Labute approximate surface area is 199 Å². The SMILES string of the molecule is Cc1cc(NC(=O)c2ccco2)sc1C(=O)N(Cc1nnc(-c2ccccc2Cl)o1)C(C)C. The number of carbonyl (C=O) groups is 2. The highest BCUT2D eigenvalue weighted by Crippen LogP contribution is 2.30. The molecule has 2 amide bonds. The van der Waals surface area contributed by atoms with Crippen molar-refractivity contribution in [2.45, 2.75) is 33.4 Å². The number of anilines is 1. The number of nitrogens with one attached hydrogen (secondary N) is 1. The summed E-state index contributed by atoms with van der Waals surface area (Å²) in [6.07, 6.45) is 1.43. The van der Waals surface area contributed by atoms with Gasteiger partial charge in [-0.05, 0) is 56.7 Å². The molecule has 0 aliphatic carbocycles. The molecule has 170 valence electrons. The Bertz CT molecular complexity index is 1280. The Kier molecular flexibility index (Phi) is 6.62. The number of aromatic nitrogens is 2. The van der Waals surface area contributed by atoms with Gasteiger partial charge < -0.3 is 19.1 Å². The lowest BCUT2D eigenvalue weighted by atomic mass is 10.2. The van der Waals surface area contributed by atoms with Crippen molar-refractivity contribution in [2.24, 2.45) is 0 Å². The van der Waals surface area contributed by atoms with Crippen molar-refractivity contribution in [1.29, 1.82) is 0 Å². The lowest BCUT2D eigenvalue weighted by Crippen LogP contribution is -2.36. The molecule has 0 unspecified atom stereocenters. The van der Waals surface area contributed by atoms with Crippen LogP contribution in [0.3, 0.4) is 0 Å². The normalized spacial score (nSPS) is 11.1. The van der Waals surface area contributed by atoms with E-state index in [1.165, 1.54) is 17.6 Å². The van der Waals surface area contributed by atoms with Gasteiger partial charge in [0.1, 0.15) is 0 Å². The Hall–Kier alpha value is -3.43. The van der Waals surface area contributed by atoms with E-state index in [1.54, 1.807) is 35.2 Å². The number of hydrogen-bond donors (Lipinski definition) is 1. The number of benzene rings is 1. The summed E-state index contributed by atoms with van der Waals surface area (Å²) in [5.74, 6) is 0.223. The fraction of sp³-hybridized carbons (Fsp3) is 0.217. The van der Waals surface area contributed by atoms with E-state index in [4.69, 9.17) is 20.4 Å². The summed E-state index contributed by atoms with van der Waals surface area (Å²) in [5.41, 5.74) is 1.39. The van der Waals surface area contributed by atoms with Crippen molar-refractivity contribution < 1.29 is 18.4 Å². The predicted molar refractivity (Wildman–Crippen MR) is 125 cm³/mol. The number of nitrogens with zero attached hydrogens (tertiary/aromatic N) is 3. The molecule has 0 radical (unpaired) electrons. The summed E-state index contributed by atoms with van der Waals surface area (Å²) in [7, 11) is 0. The fourth-order valence-electron chi connectivity index (χ4n) is 3.16. The van der Waals surface area contributed by atoms with Crippen molar-refractivity contribution >= 4 is 39.8 Å². The van der Waals surface area contributed by atoms with Crippen molar-refractivity contribution in [2.75, 3.05) is 5.32 Å². The maximum Gasteiger partial charge on any atom is 0.291 e. The molecule has 0 aliphatic heterocycles. The topological polar surface area (TPSA) is 101 Å². The van der Waals surface area contributed by atoms with Crippen LogP contribution in [0.4, 0.5) is 5.00 Å². The van der Waals surface area contributed by atoms with Crippen LogP contribution in [0.15, 0.2) is 57.6 Å². The number of rotatable bonds is 7. The minimum atomic E-state index is -0.376. The molecule has 1 N–H and O–H groups in total. The van der Waals surface area contributed by atoms with Crippen LogP contribution in [0.1, 0.15) is 45.5 Å². The van der Waals surface area contributed by atoms with Crippen molar-refractivity contribution in [1.82, 2.24) is 15.1 Å². The van der Waals surface area contributed by atoms with Gasteiger partial charge in [-0.2, -0.15) is 0 Å². The minimum Gasteiger partial charge on any atom is -0.459 e. The highest BCUT2D eigenvalue weighted by atomic mass is 35.5. The molecule has 0 saturated carbocycles. The van der Waals surface area contributed by atoms with E-state index in [-0.39, 0.29) is 30.2 Å². The fourth-order valence-corrected chi connectivity index (χ4v) is 4.40. The summed E-state index contributed by atoms with van der Waals surface area (Å²) >= 11 is 7.42. The Balaban J connectivity index is 1.52. The van der Waals surface area contributed by atoms with Gasteiger partial charge >= 0.3 is 0 Å². The van der Waals surface area contributed by atoms with E-state index in [0.29, 0.717) is 32.2 Å². The van der Waals surface area contributed by atoms with Crippen LogP contribution in [0.5, 0.6) is 0 Å². The predicted octanol–water partition coefficient (Wildman–Crippen LogP) is 5.66. The van der Waals surface area contributed by atoms with Crippen molar-refractivity contribution in [3.05, 3.63) is 75.8 Å². The average molecular weight is 485 g/mol. The van der Waals surface area contributed by atoms with E-state index >= 15 is 0 Å². The van der Waals surface area contributed by atoms with Crippen molar-refractivity contribution in [3.63, 3.8) is 0 Å². The first kappa shape index (κ1) is 22.8. The molecular weight excluding hydrogens is 464 g/mol. The second kappa shape index (κ2) is 9.60. The first-order valence-electron chi connectivity index (χ1n) is 10.2. The molecule has 4 aromatic rings. The number of carbonyl (C=O) groups excluding carboxylic acids is 2. The Morgan fingerprint density at radius 1 is 1.18 bits per heavy atom. The molecule has 33 heavy (non-hydrogen) atoms. The van der Waals surface area contributed by atoms with Crippen molar-refractivity contribution in [3.8, 4) is 11.5 Å². The molecule has 0 aliphatic rings. The molecule has 3 aromatic heterocycles. The number of amides is 2. The zero-order valence-corrected chi connectivity index (χ0v) is 19.7. The third kappa shape index (κ3) is 4.99. The number of hydrogen-bond acceptors (Lipinski definition) is 7. The molecule has 0 saturated heterocycles. The zero-order chi connectivity index (χ0) is 23.5. The second-order valence-electron chi connectivity index (χ2n) is 7.56. The molecule has 4 rings (SSSR count). The van der Waals surface area contributed by atoms with Crippen LogP contribution in [0.2, 0.25) is 5.02 Å². The molecule has 10 heteroatoms. The summed E-state index contributed by atoms with van der Waals surface area (Å²) < 4.78 is 10.9. The molecule has 0 bridgehead atoms. The summed E-state index contributed by atoms with van der Waals surface area (Å²) in [6, 6.07) is 12.0. The summed E-state index contributed by atoms with van der Waals surface area (Å²) in [5, 5.41) is 12.0. The highest BCUT2D eigenvalue weighted by molar-refractivity contribution is 7.18. The van der Waals surface area contributed by atoms with Gasteiger partial charge in [-0.25, -0.2) is 0 Å². The minimum absolute atomic E-state index is 0.129. The third-order valence-corrected chi connectivity index (χ3v) is 6.32. The quantitative estimate of drug-likeness (QED) is 0.363. The lowest BCUT2D eigenvalue weighted by Gasteiger charge is -2.25. The number of halogens is 1. The van der Waals surface area contributed by atoms with Crippen LogP contribution >= 0.6 is 22.9 Å². The lowest BCUT2D eigenvalue weighted by molar-refractivity contribution is 0.0676. The first-order chi connectivity index (χ1) is 15.8. The zero-order valence-electron chi connectivity index (χ0n) is 18.2. The molecular formula is C23H21ClN4O4S. The van der Waals surface area contributed by atoms with Gasteiger partial charge in [-0.3, -0.25) is 9.59 Å². The van der Waals surface area contributed by atoms with Crippen LogP contribution in [0, 0.1) is 6.92 Å². The molecule has 3 heterocycles. The molecule has 0 atom stereocenters. The Morgan fingerprint density at radius 2 is 1.97 bits per heavy atom. The molecule has 0 fully saturated rings. The van der Waals surface area contributed by atoms with Gasteiger partial charge in [0.2, 0.25) is 11.8 Å². The maximum atomic E-state index is 13.4. The first-order valence-corrected chi connectivity index (χ1v) is 11.4. The summed E-state index contributed by atoms with van der Waals surface area (Å²) in [6.45, 7) is 5.78. The molecule has 1 aromatic carbocycles. The monoisotopic (exact) mass is 484 g/mol. The van der Waals surface area contributed by atoms with Crippen LogP contribution in [-0.4, -0.2) is 33.0 Å². The molecule has 0 spiro atoms. The Morgan fingerprint density at radius 3 is 2.67 bits per heavy atom. The third-order valence-electron chi connectivity index (χ3n) is 4.85. The number of furan rings is 1. The van der Waals surface area contributed by atoms with Gasteiger partial charge in [-0.1, -0.05) is 23.7 Å². The van der Waals surface area contributed by atoms with Gasteiger partial charge in [0, 0.05) is 6.04 Å². The van der Waals surface area contributed by atoms with Crippen LogP contribution < -0.4 is 5.32 Å². The van der Waals surface area contributed by atoms with Gasteiger partial charge in [0.25, 0.3) is 11.8 Å². The second-order valence-corrected chi connectivity index (χ2v) is 9.02. The van der Waals surface area contributed by atoms with E-state index in [0.717, 1.165) is 5.56 Å². The van der Waals surface area contributed by atoms with E-state index < -0.39 is 0 Å². The van der Waals surface area contributed by atoms with Crippen LogP contribution in [-0.2, 0) is 6.54 Å². The van der Waals surface area contributed by atoms with Gasteiger partial charge in [0.15, 0.2) is 5.76 Å². The van der Waals surface area contributed by atoms with Crippen LogP contribution in [0.25, 0.3) is 11.5 Å². The van der Waals surface area contributed by atoms with Gasteiger partial charge in [0.05, 0.1) is 33.3 Å². The van der Waals surface area contributed by atoms with E-state index in [9.17, 15) is 9.59 Å². The van der Waals surface area contributed by atoms with E-state index in [2.05, 4.69) is 15.5 Å². The van der Waals surface area contributed by atoms with Gasteiger partial charge in [-0.15, -0.1) is 21.5 Å². The van der Waals surface area contributed by atoms with E-state index in [1.807, 2.05) is 32.9 Å². The molecule has 8 nitrogen and oxygen atoms in total. The number of aryl methyl sites for hydroxylation is 1. The smallest absolute Gasteiger partial charge is 0.291 e. The maximum absolute atomic E-state index is 13.4. The largest absolute Gasteiger partial charge is 0.459 e. The average Bonchev–Trinajstić information content (AvgIpc) is 3.53. The standard InChI is InChI=1S/C23H21ClN4O4S/c1-13(2)28(12-18-26-27-22(32-18)15-7-4-5-8-16(15)24)23(30)20-14(3)11-19(33-20)25-21(29)17-9-6-10-31-17/h4-11,13H,12H2,1-3H3,(H,25,29). The summed E-state index contributed by atoms with van der Waals surface area (Å²) in [4.78, 5) is 27.8. The highest BCUT2D eigenvalue weighted by Gasteiger charge is 2.26.